The maximum absolute atomic E-state index is 13.8. The topological polar surface area (TPSA) is 66.1 Å². The van der Waals surface area contributed by atoms with Gasteiger partial charge in [-0.3, -0.25) is 0 Å². The Balaban J connectivity index is 1.86. The van der Waals surface area contributed by atoms with E-state index in [0.717, 1.165) is 27.4 Å². The molecule has 0 aliphatic rings. The third-order valence-corrected chi connectivity index (χ3v) is 7.27. The molecule has 0 fully saturated rings. The molecule has 5 rings (SSSR count). The largest absolute Gasteiger partial charge is 0.497 e. The number of pyridine rings is 1. The average Bonchev–Trinajstić information content (AvgIpc) is 3.32. The summed E-state index contributed by atoms with van der Waals surface area (Å²) in [6.45, 7) is 1.93. The molecule has 31 heavy (non-hydrogen) atoms. The van der Waals surface area contributed by atoms with Gasteiger partial charge in [-0.15, -0.1) is 0 Å². The molecule has 0 atom stereocenters. The van der Waals surface area contributed by atoms with Gasteiger partial charge in [0.2, 0.25) is 0 Å². The fourth-order valence-electron chi connectivity index (χ4n) is 3.96. The predicted molar refractivity (Wildman–Crippen MR) is 122 cm³/mol. The van der Waals surface area contributed by atoms with E-state index in [1.807, 2.05) is 55.1 Å². The Morgan fingerprint density at radius 2 is 1.77 bits per heavy atom. The number of hydrogen-bond acceptors (Lipinski definition) is 4. The summed E-state index contributed by atoms with van der Waals surface area (Å²) in [5.74, 6) is 0.710. The first kappa shape index (κ1) is 19.4. The first-order chi connectivity index (χ1) is 14.9. The van der Waals surface area contributed by atoms with Crippen LogP contribution in [-0.2, 0) is 17.1 Å². The minimum atomic E-state index is -3.88. The maximum atomic E-state index is 13.8. The molecule has 0 radical (unpaired) electrons. The van der Waals surface area contributed by atoms with Gasteiger partial charge in [-0.1, -0.05) is 17.7 Å². The van der Waals surface area contributed by atoms with Gasteiger partial charge in [0.05, 0.1) is 17.7 Å². The van der Waals surface area contributed by atoms with Crippen molar-refractivity contribution in [2.24, 2.45) is 7.05 Å². The molecule has 2 aromatic carbocycles. The van der Waals surface area contributed by atoms with E-state index in [-0.39, 0.29) is 4.90 Å². The van der Waals surface area contributed by atoms with Crippen LogP contribution in [0.2, 0.25) is 0 Å². The predicted octanol–water partition coefficient (Wildman–Crippen LogP) is 4.75. The number of rotatable bonds is 4. The number of nitrogens with zero attached hydrogens (tertiary/aromatic N) is 3. The molecule has 0 bridgehead atoms. The molecule has 0 amide bonds. The molecule has 0 aliphatic heterocycles. The fraction of sp³-hybridized carbons (Fsp3) is 0.125. The summed E-state index contributed by atoms with van der Waals surface area (Å²) in [5, 5.41) is 1.66. The van der Waals surface area contributed by atoms with E-state index < -0.39 is 10.0 Å². The first-order valence-corrected chi connectivity index (χ1v) is 11.3. The second-order valence-corrected chi connectivity index (χ2v) is 9.35. The lowest BCUT2D eigenvalue weighted by molar-refractivity contribution is 0.415. The molecule has 0 N–H and O–H groups in total. The summed E-state index contributed by atoms with van der Waals surface area (Å²) in [7, 11) is -0.319. The van der Waals surface area contributed by atoms with E-state index >= 15 is 0 Å². The first-order valence-electron chi connectivity index (χ1n) is 9.82. The Hall–Kier alpha value is -3.58. The zero-order valence-electron chi connectivity index (χ0n) is 17.4. The quantitative estimate of drug-likeness (QED) is 0.412. The van der Waals surface area contributed by atoms with Gasteiger partial charge in [0.1, 0.15) is 5.75 Å². The van der Waals surface area contributed by atoms with Crippen LogP contribution in [0.5, 0.6) is 5.75 Å². The summed E-state index contributed by atoms with van der Waals surface area (Å²) in [4.78, 5) is 4.63. The molecular formula is C24H21N3O3S. The molecule has 5 aromatic rings. The van der Waals surface area contributed by atoms with Crippen LogP contribution in [0.3, 0.4) is 0 Å². The number of aromatic nitrogens is 3. The summed E-state index contributed by atoms with van der Waals surface area (Å²) in [6.07, 6.45) is 3.55. The minimum absolute atomic E-state index is 0.223. The molecule has 3 heterocycles. The molecule has 6 nitrogen and oxygen atoms in total. The minimum Gasteiger partial charge on any atom is -0.497 e. The summed E-state index contributed by atoms with van der Waals surface area (Å²) < 4.78 is 36.3. The second-order valence-electron chi connectivity index (χ2n) is 7.57. The lowest BCUT2D eigenvalue weighted by Gasteiger charge is -2.11. The van der Waals surface area contributed by atoms with Gasteiger partial charge in [-0.2, -0.15) is 0 Å². The zero-order valence-corrected chi connectivity index (χ0v) is 18.2. The smallest absolute Gasteiger partial charge is 0.269 e. The summed E-state index contributed by atoms with van der Waals surface area (Å²) >= 11 is 0. The van der Waals surface area contributed by atoms with Crippen molar-refractivity contribution in [1.29, 1.82) is 0 Å². The van der Waals surface area contributed by atoms with Crippen molar-refractivity contribution >= 4 is 32.0 Å². The highest BCUT2D eigenvalue weighted by Crippen LogP contribution is 2.37. The van der Waals surface area contributed by atoms with Crippen LogP contribution in [0.25, 0.3) is 33.2 Å². The second kappa shape index (κ2) is 6.99. The van der Waals surface area contributed by atoms with Crippen LogP contribution in [0.15, 0.2) is 78.0 Å². The highest BCUT2D eigenvalue weighted by molar-refractivity contribution is 7.90. The van der Waals surface area contributed by atoms with Crippen LogP contribution in [0, 0.1) is 6.92 Å². The molecule has 0 saturated heterocycles. The number of methoxy groups -OCH3 is 1. The number of hydrogen-bond donors (Lipinski definition) is 0. The molecule has 0 spiro atoms. The lowest BCUT2D eigenvalue weighted by atomic mass is 10.1. The van der Waals surface area contributed by atoms with E-state index in [9.17, 15) is 8.42 Å². The highest BCUT2D eigenvalue weighted by atomic mass is 32.2. The van der Waals surface area contributed by atoms with Crippen molar-refractivity contribution in [3.8, 4) is 17.0 Å². The van der Waals surface area contributed by atoms with Crippen LogP contribution >= 0.6 is 0 Å². The number of fused-ring (bicyclic) bond motifs is 2. The summed E-state index contributed by atoms with van der Waals surface area (Å²) in [6, 6.07) is 18.2. The van der Waals surface area contributed by atoms with Crippen molar-refractivity contribution in [1.82, 2.24) is 13.5 Å². The van der Waals surface area contributed by atoms with Crippen molar-refractivity contribution in [2.75, 3.05) is 7.11 Å². The van der Waals surface area contributed by atoms with Crippen LogP contribution in [0.1, 0.15) is 5.56 Å². The van der Waals surface area contributed by atoms with Crippen LogP contribution in [-0.4, -0.2) is 29.1 Å². The Labute approximate surface area is 180 Å². The van der Waals surface area contributed by atoms with Gasteiger partial charge in [0.15, 0.2) is 5.65 Å². The van der Waals surface area contributed by atoms with E-state index in [1.54, 1.807) is 43.6 Å². The van der Waals surface area contributed by atoms with Crippen molar-refractivity contribution < 1.29 is 13.2 Å². The van der Waals surface area contributed by atoms with Gasteiger partial charge in [0, 0.05) is 41.3 Å². The van der Waals surface area contributed by atoms with Gasteiger partial charge in [-0.25, -0.2) is 17.4 Å². The number of benzene rings is 2. The monoisotopic (exact) mass is 431 g/mol. The molecule has 3 aromatic heterocycles. The number of ether oxygens (including phenoxy) is 1. The van der Waals surface area contributed by atoms with Gasteiger partial charge < -0.3 is 9.30 Å². The Morgan fingerprint density at radius 3 is 2.52 bits per heavy atom. The Bertz CT molecular complexity index is 1540. The van der Waals surface area contributed by atoms with Crippen LogP contribution < -0.4 is 4.74 Å². The molecule has 0 aliphatic carbocycles. The van der Waals surface area contributed by atoms with Crippen molar-refractivity contribution in [3.05, 3.63) is 78.6 Å². The normalized spacial score (nSPS) is 12.0. The van der Waals surface area contributed by atoms with Gasteiger partial charge >= 0.3 is 0 Å². The van der Waals surface area contributed by atoms with Gasteiger partial charge in [-0.05, 0) is 55.5 Å². The third kappa shape index (κ3) is 3.00. The summed E-state index contributed by atoms with van der Waals surface area (Å²) in [5.41, 5.74) is 3.74. The van der Waals surface area contributed by atoms with Gasteiger partial charge in [0.25, 0.3) is 10.0 Å². The molecule has 0 saturated carbocycles. The van der Waals surface area contributed by atoms with Crippen molar-refractivity contribution in [2.45, 2.75) is 11.8 Å². The van der Waals surface area contributed by atoms with E-state index in [4.69, 9.17) is 4.74 Å². The average molecular weight is 432 g/mol. The number of aryl methyl sites for hydroxylation is 2. The Morgan fingerprint density at radius 1 is 1.00 bits per heavy atom. The molecule has 0 unspecified atom stereocenters. The third-order valence-electron chi connectivity index (χ3n) is 5.55. The van der Waals surface area contributed by atoms with E-state index in [0.29, 0.717) is 17.1 Å². The van der Waals surface area contributed by atoms with E-state index in [1.165, 1.54) is 3.97 Å². The van der Waals surface area contributed by atoms with E-state index in [2.05, 4.69) is 4.98 Å². The fourth-order valence-corrected chi connectivity index (χ4v) is 5.44. The van der Waals surface area contributed by atoms with Crippen molar-refractivity contribution in [3.63, 3.8) is 0 Å². The molecule has 156 valence electrons. The SMILES string of the molecule is COc1ccc2c(c1)c(-c1cc3cccnc3n1S(=O)(=O)c1ccc(C)cc1)cn2C. The maximum Gasteiger partial charge on any atom is 0.269 e. The lowest BCUT2D eigenvalue weighted by Crippen LogP contribution is -2.14. The molecule has 7 heteroatoms. The highest BCUT2D eigenvalue weighted by Gasteiger charge is 2.26. The molecular weight excluding hydrogens is 410 g/mol. The zero-order chi connectivity index (χ0) is 21.8. The standard InChI is InChI=1S/C24H21N3O3S/c1-16-6-9-19(10-7-16)31(28,29)27-23(13-17-5-4-12-25-24(17)27)21-15-26(2)22-11-8-18(30-3)14-20(21)22/h4-15H,1-3H3. The Kier molecular flexibility index (Phi) is 4.37. The van der Waals surface area contributed by atoms with Crippen LogP contribution in [0.4, 0.5) is 0 Å².